The summed E-state index contributed by atoms with van der Waals surface area (Å²) in [5.74, 6) is -0.0724. The molecule has 24 heavy (non-hydrogen) atoms. The number of hydrogen-bond acceptors (Lipinski definition) is 3. The Bertz CT molecular complexity index is 845. The van der Waals surface area contributed by atoms with E-state index in [-0.39, 0.29) is 5.91 Å². The van der Waals surface area contributed by atoms with Crippen molar-refractivity contribution in [3.8, 4) is 0 Å². The van der Waals surface area contributed by atoms with E-state index in [4.69, 9.17) is 4.42 Å². The molecule has 0 bridgehead atoms. The fourth-order valence-electron chi connectivity index (χ4n) is 2.78. The Morgan fingerprint density at radius 3 is 2.79 bits per heavy atom. The summed E-state index contributed by atoms with van der Waals surface area (Å²) in [7, 11) is 3.97. The molecule has 5 nitrogen and oxygen atoms in total. The maximum Gasteiger partial charge on any atom is 0.268 e. The lowest BCUT2D eigenvalue weighted by Gasteiger charge is -2.13. The maximum atomic E-state index is 12.6. The number of hydrogen-bond donors (Lipinski definition) is 1. The summed E-state index contributed by atoms with van der Waals surface area (Å²) in [6.07, 6.45) is 1.66. The molecule has 0 saturated heterocycles. The summed E-state index contributed by atoms with van der Waals surface area (Å²) in [4.78, 5) is 14.6. The highest BCUT2D eigenvalue weighted by Crippen LogP contribution is 2.23. The number of carbonyl (C=O) groups is 1. The predicted octanol–water partition coefficient (Wildman–Crippen LogP) is 2.88. The number of furan rings is 1. The minimum Gasteiger partial charge on any atom is -0.463 e. The summed E-state index contributed by atoms with van der Waals surface area (Å²) < 4.78 is 7.51. The Labute approximate surface area is 141 Å². The maximum absolute atomic E-state index is 12.6. The molecule has 2 aromatic heterocycles. The molecule has 0 unspecified atom stereocenters. The van der Waals surface area contributed by atoms with Crippen LogP contribution in [-0.4, -0.2) is 42.6 Å². The van der Waals surface area contributed by atoms with Gasteiger partial charge in [0, 0.05) is 31.8 Å². The lowest BCUT2D eigenvalue weighted by atomic mass is 10.1. The first-order chi connectivity index (χ1) is 11.6. The molecule has 0 spiro atoms. The van der Waals surface area contributed by atoms with Gasteiger partial charge in [-0.3, -0.25) is 4.79 Å². The largest absolute Gasteiger partial charge is 0.463 e. The van der Waals surface area contributed by atoms with Crippen molar-refractivity contribution in [2.75, 3.05) is 27.2 Å². The highest BCUT2D eigenvalue weighted by Gasteiger charge is 2.17. The summed E-state index contributed by atoms with van der Waals surface area (Å²) >= 11 is 0. The quantitative estimate of drug-likeness (QED) is 0.758. The third-order valence-corrected chi connectivity index (χ3v) is 4.19. The molecular formula is C19H23N3O2. The third kappa shape index (κ3) is 3.36. The van der Waals surface area contributed by atoms with Crippen LogP contribution in [0.3, 0.4) is 0 Å². The van der Waals surface area contributed by atoms with E-state index in [9.17, 15) is 4.79 Å². The van der Waals surface area contributed by atoms with E-state index in [1.165, 1.54) is 11.1 Å². The van der Waals surface area contributed by atoms with Gasteiger partial charge in [0.1, 0.15) is 5.69 Å². The summed E-state index contributed by atoms with van der Waals surface area (Å²) in [6, 6.07) is 12.0. The SMILES string of the molecule is Cc1ccccc1Cn1c(C(=O)NCCN(C)C)cc2occc21. The predicted molar refractivity (Wildman–Crippen MR) is 95.4 cm³/mol. The Hall–Kier alpha value is -2.53. The second-order valence-electron chi connectivity index (χ2n) is 6.27. The van der Waals surface area contributed by atoms with Gasteiger partial charge in [0.2, 0.25) is 0 Å². The van der Waals surface area contributed by atoms with Gasteiger partial charge in [-0.05, 0) is 32.1 Å². The van der Waals surface area contributed by atoms with Crippen LogP contribution in [0.15, 0.2) is 47.1 Å². The van der Waals surface area contributed by atoms with E-state index in [0.717, 1.165) is 17.6 Å². The van der Waals surface area contributed by atoms with E-state index < -0.39 is 0 Å². The van der Waals surface area contributed by atoms with Crippen molar-refractivity contribution in [2.24, 2.45) is 0 Å². The van der Waals surface area contributed by atoms with E-state index in [1.807, 2.05) is 47.8 Å². The molecule has 126 valence electrons. The van der Waals surface area contributed by atoms with Crippen LogP contribution in [0.25, 0.3) is 11.1 Å². The van der Waals surface area contributed by atoms with E-state index in [2.05, 4.69) is 24.4 Å². The number of rotatable bonds is 6. The van der Waals surface area contributed by atoms with Gasteiger partial charge in [-0.15, -0.1) is 0 Å². The van der Waals surface area contributed by atoms with Crippen molar-refractivity contribution in [1.29, 1.82) is 0 Å². The number of nitrogens with one attached hydrogen (secondary N) is 1. The van der Waals surface area contributed by atoms with Gasteiger partial charge in [-0.1, -0.05) is 24.3 Å². The Balaban J connectivity index is 1.89. The van der Waals surface area contributed by atoms with E-state index in [0.29, 0.717) is 18.8 Å². The number of carbonyl (C=O) groups excluding carboxylic acids is 1. The topological polar surface area (TPSA) is 50.4 Å². The molecule has 0 aliphatic rings. The molecule has 0 aliphatic carbocycles. The molecular weight excluding hydrogens is 302 g/mol. The lowest BCUT2D eigenvalue weighted by molar-refractivity contribution is 0.0942. The standard InChI is InChI=1S/C19H23N3O2/c1-14-6-4-5-7-15(14)13-22-16-8-11-24-18(16)12-17(22)19(23)20-9-10-21(2)3/h4-8,11-12H,9-10,13H2,1-3H3,(H,20,23). The molecule has 0 aliphatic heterocycles. The fraction of sp³-hybridized carbons (Fsp3) is 0.316. The van der Waals surface area contributed by atoms with E-state index >= 15 is 0 Å². The molecule has 0 saturated carbocycles. The van der Waals surface area contributed by atoms with Crippen molar-refractivity contribution in [1.82, 2.24) is 14.8 Å². The van der Waals surface area contributed by atoms with Crippen molar-refractivity contribution in [2.45, 2.75) is 13.5 Å². The van der Waals surface area contributed by atoms with Crippen LogP contribution in [0.2, 0.25) is 0 Å². The second-order valence-corrected chi connectivity index (χ2v) is 6.27. The van der Waals surface area contributed by atoms with Crippen LogP contribution in [0, 0.1) is 6.92 Å². The molecule has 3 aromatic rings. The van der Waals surface area contributed by atoms with Crippen LogP contribution in [-0.2, 0) is 6.54 Å². The number of aryl methyl sites for hydroxylation is 1. The van der Waals surface area contributed by atoms with Crippen LogP contribution in [0.1, 0.15) is 21.6 Å². The molecule has 1 N–H and O–H groups in total. The van der Waals surface area contributed by atoms with E-state index in [1.54, 1.807) is 6.26 Å². The monoisotopic (exact) mass is 325 g/mol. The normalized spacial score (nSPS) is 11.3. The van der Waals surface area contributed by atoms with Gasteiger partial charge in [0.15, 0.2) is 5.58 Å². The van der Waals surface area contributed by atoms with Gasteiger partial charge in [-0.2, -0.15) is 0 Å². The summed E-state index contributed by atoms with van der Waals surface area (Å²) in [5.41, 5.74) is 4.71. The highest BCUT2D eigenvalue weighted by atomic mass is 16.3. The molecule has 0 fully saturated rings. The van der Waals surface area contributed by atoms with Crippen molar-refractivity contribution in [3.63, 3.8) is 0 Å². The molecule has 5 heteroatoms. The van der Waals surface area contributed by atoms with Crippen molar-refractivity contribution >= 4 is 17.0 Å². The first kappa shape index (κ1) is 16.3. The van der Waals surface area contributed by atoms with Crippen LogP contribution < -0.4 is 5.32 Å². The third-order valence-electron chi connectivity index (χ3n) is 4.19. The van der Waals surface area contributed by atoms with Gasteiger partial charge in [-0.25, -0.2) is 0 Å². The molecule has 1 amide bonds. The summed E-state index contributed by atoms with van der Waals surface area (Å²) in [6.45, 7) is 4.15. The smallest absolute Gasteiger partial charge is 0.268 e. The van der Waals surface area contributed by atoms with Crippen LogP contribution in [0.5, 0.6) is 0 Å². The number of benzene rings is 1. The van der Waals surface area contributed by atoms with Gasteiger partial charge >= 0.3 is 0 Å². The zero-order chi connectivity index (χ0) is 17.1. The lowest BCUT2D eigenvalue weighted by Crippen LogP contribution is -2.32. The highest BCUT2D eigenvalue weighted by molar-refractivity contribution is 5.97. The van der Waals surface area contributed by atoms with Crippen LogP contribution in [0.4, 0.5) is 0 Å². The van der Waals surface area contributed by atoms with Crippen molar-refractivity contribution < 1.29 is 9.21 Å². The number of amides is 1. The molecule has 0 radical (unpaired) electrons. The average molecular weight is 325 g/mol. The molecule has 1 aromatic carbocycles. The Morgan fingerprint density at radius 2 is 2.04 bits per heavy atom. The number of fused-ring (bicyclic) bond motifs is 1. The van der Waals surface area contributed by atoms with Gasteiger partial charge in [0.05, 0.1) is 11.8 Å². The Kier molecular flexibility index (Phi) is 4.71. The Morgan fingerprint density at radius 1 is 1.25 bits per heavy atom. The first-order valence-electron chi connectivity index (χ1n) is 8.10. The molecule has 3 rings (SSSR count). The van der Waals surface area contributed by atoms with Crippen molar-refractivity contribution in [3.05, 3.63) is 59.5 Å². The first-order valence-corrected chi connectivity index (χ1v) is 8.10. The number of nitrogens with zero attached hydrogens (tertiary/aromatic N) is 2. The minimum atomic E-state index is -0.0724. The number of aromatic nitrogens is 1. The van der Waals surface area contributed by atoms with Gasteiger partial charge in [0.25, 0.3) is 5.91 Å². The average Bonchev–Trinajstić information content (AvgIpc) is 3.11. The number of likely N-dealkylation sites (N-methyl/N-ethyl adjacent to an activating group) is 1. The zero-order valence-electron chi connectivity index (χ0n) is 14.4. The van der Waals surface area contributed by atoms with Crippen LogP contribution >= 0.6 is 0 Å². The zero-order valence-corrected chi connectivity index (χ0v) is 14.4. The molecule has 0 atom stereocenters. The fourth-order valence-corrected chi connectivity index (χ4v) is 2.78. The summed E-state index contributed by atoms with van der Waals surface area (Å²) in [5, 5.41) is 2.98. The second kappa shape index (κ2) is 6.93. The van der Waals surface area contributed by atoms with Gasteiger partial charge < -0.3 is 19.2 Å². The minimum absolute atomic E-state index is 0.0724. The molecule has 2 heterocycles.